The van der Waals surface area contributed by atoms with E-state index in [4.69, 9.17) is 25.5 Å². The van der Waals surface area contributed by atoms with Crippen LogP contribution in [-0.4, -0.2) is 25.1 Å². The third kappa shape index (κ3) is 3.54. The van der Waals surface area contributed by atoms with Gasteiger partial charge in [-0.2, -0.15) is 0 Å². The molecule has 0 aliphatic carbocycles. The van der Waals surface area contributed by atoms with Crippen LogP contribution in [0.15, 0.2) is 52.3 Å². The zero-order valence-corrected chi connectivity index (χ0v) is 16.6. The summed E-state index contributed by atoms with van der Waals surface area (Å²) in [4.78, 5) is 17.0. The van der Waals surface area contributed by atoms with E-state index in [-0.39, 0.29) is 11.7 Å². The Morgan fingerprint density at radius 1 is 1.14 bits per heavy atom. The smallest absolute Gasteiger partial charge is 0.293 e. The number of ether oxygens (including phenoxy) is 2. The summed E-state index contributed by atoms with van der Waals surface area (Å²) < 4.78 is 16.3. The van der Waals surface area contributed by atoms with Crippen molar-refractivity contribution >= 4 is 44.9 Å². The highest BCUT2D eigenvalue weighted by atomic mass is 35.5. The average molecular weight is 415 g/mol. The van der Waals surface area contributed by atoms with Crippen LogP contribution in [0.5, 0.6) is 11.5 Å². The molecular formula is C20H15ClN2O4S. The first-order valence-electron chi connectivity index (χ1n) is 8.26. The largest absolute Gasteiger partial charge is 0.497 e. The minimum absolute atomic E-state index is 0.188. The number of anilines is 1. The van der Waals surface area contributed by atoms with E-state index in [9.17, 15) is 4.79 Å². The van der Waals surface area contributed by atoms with Crippen LogP contribution in [0.25, 0.3) is 22.2 Å². The standard InChI is InChI=1S/C20H15ClN2O4S/c1-25-13-4-6-17(26-2)14(9-13)15-10-28-20(22-15)23-19(24)18-8-11-7-12(21)3-5-16(11)27-18/h3-10H,1-2H3,(H,22,23,24). The quantitative estimate of drug-likeness (QED) is 0.468. The molecule has 2 aromatic heterocycles. The van der Waals surface area contributed by atoms with Gasteiger partial charge in [0.2, 0.25) is 0 Å². The molecule has 1 amide bonds. The second-order valence-electron chi connectivity index (χ2n) is 5.85. The number of aromatic nitrogens is 1. The maximum absolute atomic E-state index is 12.5. The molecule has 6 nitrogen and oxygen atoms in total. The number of benzene rings is 2. The number of halogens is 1. The number of hydrogen-bond donors (Lipinski definition) is 1. The van der Waals surface area contributed by atoms with Gasteiger partial charge in [-0.3, -0.25) is 10.1 Å². The number of hydrogen-bond acceptors (Lipinski definition) is 6. The average Bonchev–Trinajstić information content (AvgIpc) is 3.34. The molecule has 0 aliphatic heterocycles. The SMILES string of the molecule is COc1ccc(OC)c(-c2csc(NC(=O)c3cc4cc(Cl)ccc4o3)n2)c1. The van der Waals surface area contributed by atoms with Crippen molar-refractivity contribution in [2.45, 2.75) is 0 Å². The van der Waals surface area contributed by atoms with E-state index < -0.39 is 0 Å². The Bertz CT molecular complexity index is 1170. The summed E-state index contributed by atoms with van der Waals surface area (Å²) >= 11 is 7.28. The summed E-state index contributed by atoms with van der Waals surface area (Å²) in [6, 6.07) is 12.3. The predicted octanol–water partition coefficient (Wildman–Crippen LogP) is 5.48. The van der Waals surface area contributed by atoms with E-state index in [1.54, 1.807) is 38.5 Å². The molecule has 28 heavy (non-hydrogen) atoms. The van der Waals surface area contributed by atoms with Gasteiger partial charge < -0.3 is 13.9 Å². The Hall–Kier alpha value is -3.03. The van der Waals surface area contributed by atoms with Gasteiger partial charge in [-0.25, -0.2) is 4.98 Å². The fourth-order valence-corrected chi connectivity index (χ4v) is 3.64. The molecule has 0 atom stereocenters. The maximum atomic E-state index is 12.5. The summed E-state index contributed by atoms with van der Waals surface area (Å²) in [7, 11) is 3.19. The fourth-order valence-electron chi connectivity index (χ4n) is 2.75. The second-order valence-corrected chi connectivity index (χ2v) is 7.15. The Morgan fingerprint density at radius 2 is 2.00 bits per heavy atom. The van der Waals surface area contributed by atoms with Gasteiger partial charge >= 0.3 is 0 Å². The number of carbonyl (C=O) groups excluding carboxylic acids is 1. The molecule has 142 valence electrons. The lowest BCUT2D eigenvalue weighted by molar-refractivity contribution is 0.0998. The van der Waals surface area contributed by atoms with Crippen molar-refractivity contribution in [3.8, 4) is 22.8 Å². The van der Waals surface area contributed by atoms with Crippen LogP contribution in [0.2, 0.25) is 5.02 Å². The molecule has 0 spiro atoms. The first kappa shape index (κ1) is 18.3. The first-order chi connectivity index (χ1) is 13.6. The maximum Gasteiger partial charge on any atom is 0.293 e. The number of carbonyl (C=O) groups is 1. The van der Waals surface area contributed by atoms with Crippen LogP contribution in [0.1, 0.15) is 10.6 Å². The van der Waals surface area contributed by atoms with E-state index in [0.29, 0.717) is 32.9 Å². The van der Waals surface area contributed by atoms with Crippen molar-refractivity contribution in [2.75, 3.05) is 19.5 Å². The van der Waals surface area contributed by atoms with Crippen molar-refractivity contribution in [2.24, 2.45) is 0 Å². The lowest BCUT2D eigenvalue weighted by Gasteiger charge is -2.08. The van der Waals surface area contributed by atoms with Crippen LogP contribution in [-0.2, 0) is 0 Å². The van der Waals surface area contributed by atoms with Gasteiger partial charge in [-0.15, -0.1) is 11.3 Å². The van der Waals surface area contributed by atoms with Gasteiger partial charge in [0.25, 0.3) is 5.91 Å². The van der Waals surface area contributed by atoms with Crippen molar-refractivity contribution in [3.63, 3.8) is 0 Å². The lowest BCUT2D eigenvalue weighted by atomic mass is 10.1. The summed E-state index contributed by atoms with van der Waals surface area (Å²) in [5.41, 5.74) is 2.04. The molecule has 2 heterocycles. The molecule has 0 fully saturated rings. The highest BCUT2D eigenvalue weighted by molar-refractivity contribution is 7.14. The van der Waals surface area contributed by atoms with Gasteiger partial charge in [0.05, 0.1) is 19.9 Å². The van der Waals surface area contributed by atoms with Crippen molar-refractivity contribution in [1.29, 1.82) is 0 Å². The predicted molar refractivity (Wildman–Crippen MR) is 110 cm³/mol. The third-order valence-electron chi connectivity index (χ3n) is 4.11. The van der Waals surface area contributed by atoms with Crippen LogP contribution >= 0.6 is 22.9 Å². The molecule has 0 aliphatic rings. The molecule has 0 unspecified atom stereocenters. The Morgan fingerprint density at radius 3 is 2.79 bits per heavy atom. The zero-order valence-electron chi connectivity index (χ0n) is 15.0. The summed E-state index contributed by atoms with van der Waals surface area (Å²) in [6.45, 7) is 0. The van der Waals surface area contributed by atoms with Crippen LogP contribution in [0.3, 0.4) is 0 Å². The normalized spacial score (nSPS) is 10.8. The van der Waals surface area contributed by atoms with E-state index in [0.717, 1.165) is 10.9 Å². The van der Waals surface area contributed by atoms with E-state index in [1.807, 2.05) is 23.6 Å². The van der Waals surface area contributed by atoms with Crippen LogP contribution in [0.4, 0.5) is 5.13 Å². The van der Waals surface area contributed by atoms with Gasteiger partial charge in [0, 0.05) is 21.4 Å². The highest BCUT2D eigenvalue weighted by Gasteiger charge is 2.16. The van der Waals surface area contributed by atoms with E-state index >= 15 is 0 Å². The Kier molecular flexibility index (Phi) is 4.93. The zero-order chi connectivity index (χ0) is 19.7. The first-order valence-corrected chi connectivity index (χ1v) is 9.51. The molecule has 0 saturated heterocycles. The number of thiazole rings is 1. The molecule has 2 aromatic carbocycles. The molecule has 0 radical (unpaired) electrons. The number of fused-ring (bicyclic) bond motifs is 1. The molecule has 4 aromatic rings. The van der Waals surface area contributed by atoms with Gasteiger partial charge in [0.1, 0.15) is 17.1 Å². The summed E-state index contributed by atoms with van der Waals surface area (Å²) in [5.74, 6) is 1.16. The van der Waals surface area contributed by atoms with Crippen molar-refractivity contribution in [3.05, 3.63) is 58.6 Å². The fraction of sp³-hybridized carbons (Fsp3) is 0.100. The molecule has 0 bridgehead atoms. The Labute approximate surface area is 169 Å². The minimum Gasteiger partial charge on any atom is -0.497 e. The molecule has 0 saturated carbocycles. The van der Waals surface area contributed by atoms with Crippen molar-refractivity contribution in [1.82, 2.24) is 4.98 Å². The Balaban J connectivity index is 1.58. The number of methoxy groups -OCH3 is 2. The topological polar surface area (TPSA) is 73.6 Å². The second kappa shape index (κ2) is 7.53. The van der Waals surface area contributed by atoms with Crippen LogP contribution < -0.4 is 14.8 Å². The molecule has 8 heteroatoms. The third-order valence-corrected chi connectivity index (χ3v) is 5.10. The molecule has 4 rings (SSSR count). The summed E-state index contributed by atoms with van der Waals surface area (Å²) in [6.07, 6.45) is 0. The van der Waals surface area contributed by atoms with E-state index in [2.05, 4.69) is 10.3 Å². The van der Waals surface area contributed by atoms with Gasteiger partial charge in [0.15, 0.2) is 10.9 Å². The van der Waals surface area contributed by atoms with E-state index in [1.165, 1.54) is 11.3 Å². The minimum atomic E-state index is -0.383. The monoisotopic (exact) mass is 414 g/mol. The number of nitrogens with one attached hydrogen (secondary N) is 1. The number of nitrogens with zero attached hydrogens (tertiary/aromatic N) is 1. The summed E-state index contributed by atoms with van der Waals surface area (Å²) in [5, 5.41) is 6.39. The number of rotatable bonds is 5. The molecule has 1 N–H and O–H groups in total. The van der Waals surface area contributed by atoms with Crippen LogP contribution in [0, 0.1) is 0 Å². The molecular weight excluding hydrogens is 400 g/mol. The lowest BCUT2D eigenvalue weighted by Crippen LogP contribution is -2.10. The number of furan rings is 1. The van der Waals surface area contributed by atoms with Gasteiger partial charge in [-0.1, -0.05) is 11.6 Å². The number of amides is 1. The highest BCUT2D eigenvalue weighted by Crippen LogP contribution is 2.35. The van der Waals surface area contributed by atoms with Crippen molar-refractivity contribution < 1.29 is 18.7 Å². The van der Waals surface area contributed by atoms with Gasteiger partial charge in [-0.05, 0) is 42.5 Å².